The quantitative estimate of drug-likeness (QED) is 0.843. The summed E-state index contributed by atoms with van der Waals surface area (Å²) in [5, 5.41) is 4.38. The average Bonchev–Trinajstić information content (AvgIpc) is 2.71. The molecule has 108 valence electrons. The van der Waals surface area contributed by atoms with Crippen LogP contribution in [-0.4, -0.2) is 41.3 Å². The molecule has 1 aliphatic heterocycles. The molecule has 0 N–H and O–H groups in total. The van der Waals surface area contributed by atoms with E-state index in [0.717, 1.165) is 19.4 Å². The molecule has 0 atom stereocenters. The van der Waals surface area contributed by atoms with Gasteiger partial charge in [-0.15, -0.1) is 0 Å². The Morgan fingerprint density at radius 1 is 1.32 bits per heavy atom. The molecule has 2 rings (SSSR count). The maximum absolute atomic E-state index is 11.8. The lowest BCUT2D eigenvalue weighted by molar-refractivity contribution is 0.246. The van der Waals surface area contributed by atoms with Gasteiger partial charge in [0.15, 0.2) is 0 Å². The number of hydrogen-bond donors (Lipinski definition) is 0. The predicted octanol–water partition coefficient (Wildman–Crippen LogP) is 1.56. The van der Waals surface area contributed by atoms with Crippen molar-refractivity contribution in [3.05, 3.63) is 17.5 Å². The topological polar surface area (TPSA) is 55.2 Å². The van der Waals surface area contributed by atoms with Crippen LogP contribution in [0.2, 0.25) is 0 Å². The summed E-state index contributed by atoms with van der Waals surface area (Å²) in [5.74, 6) is 0.732. The highest BCUT2D eigenvalue weighted by molar-refractivity contribution is 7.89. The van der Waals surface area contributed by atoms with E-state index in [1.807, 2.05) is 10.9 Å². The van der Waals surface area contributed by atoms with Crippen molar-refractivity contribution < 1.29 is 8.42 Å². The first-order chi connectivity index (χ1) is 8.94. The van der Waals surface area contributed by atoms with Crippen LogP contribution < -0.4 is 0 Å². The van der Waals surface area contributed by atoms with Crippen molar-refractivity contribution in [2.75, 3.05) is 18.8 Å². The second-order valence-electron chi connectivity index (χ2n) is 5.34. The van der Waals surface area contributed by atoms with E-state index in [2.05, 4.69) is 18.9 Å². The van der Waals surface area contributed by atoms with Crippen LogP contribution in [0.4, 0.5) is 0 Å². The molecule has 2 heterocycles. The van der Waals surface area contributed by atoms with Gasteiger partial charge in [-0.25, -0.2) is 12.7 Å². The number of nitrogens with zero attached hydrogens (tertiary/aromatic N) is 3. The van der Waals surface area contributed by atoms with Crippen molar-refractivity contribution >= 4 is 10.0 Å². The van der Waals surface area contributed by atoms with Crippen LogP contribution in [0.3, 0.4) is 0 Å². The Morgan fingerprint density at radius 2 is 1.95 bits per heavy atom. The molecule has 1 aliphatic rings. The van der Waals surface area contributed by atoms with Gasteiger partial charge in [0.1, 0.15) is 0 Å². The Kier molecular flexibility index (Phi) is 4.30. The van der Waals surface area contributed by atoms with E-state index in [1.165, 1.54) is 11.3 Å². The maximum Gasteiger partial charge on any atom is 0.213 e. The van der Waals surface area contributed by atoms with Crippen molar-refractivity contribution in [3.63, 3.8) is 0 Å². The Morgan fingerprint density at radius 3 is 2.42 bits per heavy atom. The third kappa shape index (κ3) is 3.17. The fraction of sp³-hybridized carbons (Fsp3) is 0.769. The van der Waals surface area contributed by atoms with Gasteiger partial charge in [-0.1, -0.05) is 0 Å². The molecular formula is C13H23N3O2S. The van der Waals surface area contributed by atoms with Gasteiger partial charge in [-0.2, -0.15) is 5.10 Å². The largest absolute Gasteiger partial charge is 0.269 e. The van der Waals surface area contributed by atoms with Crippen molar-refractivity contribution in [2.45, 2.75) is 40.2 Å². The first-order valence-electron chi connectivity index (χ1n) is 6.91. The summed E-state index contributed by atoms with van der Waals surface area (Å²) in [6, 6.07) is 0. The summed E-state index contributed by atoms with van der Waals surface area (Å²) in [6.07, 6.45) is 3.75. The minimum Gasteiger partial charge on any atom is -0.269 e. The second-order valence-corrected chi connectivity index (χ2v) is 7.60. The van der Waals surface area contributed by atoms with E-state index in [1.54, 1.807) is 11.2 Å². The molecule has 0 unspecified atom stereocenters. The molecular weight excluding hydrogens is 262 g/mol. The number of aromatic nitrogens is 2. The van der Waals surface area contributed by atoms with Crippen molar-refractivity contribution in [3.8, 4) is 0 Å². The molecule has 1 saturated heterocycles. The average molecular weight is 285 g/mol. The SMILES string of the molecule is CCS(=O)(=O)N1CCC(Cn2ncc(C)c2C)CC1. The Balaban J connectivity index is 1.92. The fourth-order valence-electron chi connectivity index (χ4n) is 2.52. The Bertz CT molecular complexity index is 528. The van der Waals surface area contributed by atoms with Crippen molar-refractivity contribution in [2.24, 2.45) is 5.92 Å². The highest BCUT2D eigenvalue weighted by Crippen LogP contribution is 2.22. The van der Waals surface area contributed by atoms with Crippen molar-refractivity contribution in [1.29, 1.82) is 0 Å². The molecule has 19 heavy (non-hydrogen) atoms. The lowest BCUT2D eigenvalue weighted by Crippen LogP contribution is -2.40. The number of rotatable bonds is 4. The molecule has 1 aromatic rings. The zero-order chi connectivity index (χ0) is 14.0. The van der Waals surface area contributed by atoms with Gasteiger partial charge in [0.25, 0.3) is 0 Å². The molecule has 1 aromatic heterocycles. The number of piperidine rings is 1. The zero-order valence-corrected chi connectivity index (χ0v) is 12.8. The summed E-state index contributed by atoms with van der Waals surface area (Å²) in [4.78, 5) is 0. The molecule has 0 saturated carbocycles. The fourth-order valence-corrected chi connectivity index (χ4v) is 3.65. The molecule has 6 heteroatoms. The normalized spacial score (nSPS) is 18.9. The van der Waals surface area contributed by atoms with Crippen LogP contribution in [0.1, 0.15) is 31.0 Å². The van der Waals surface area contributed by atoms with Gasteiger partial charge >= 0.3 is 0 Å². The summed E-state index contributed by atoms with van der Waals surface area (Å²) in [5.41, 5.74) is 2.43. The smallest absolute Gasteiger partial charge is 0.213 e. The summed E-state index contributed by atoms with van der Waals surface area (Å²) >= 11 is 0. The molecule has 5 nitrogen and oxygen atoms in total. The Hall–Kier alpha value is -0.880. The van der Waals surface area contributed by atoms with E-state index in [0.29, 0.717) is 19.0 Å². The van der Waals surface area contributed by atoms with Gasteiger partial charge in [0.05, 0.1) is 11.9 Å². The molecule has 0 spiro atoms. The molecule has 0 radical (unpaired) electrons. The lowest BCUT2D eigenvalue weighted by atomic mass is 9.98. The van der Waals surface area contributed by atoms with E-state index < -0.39 is 10.0 Å². The standard InChI is InChI=1S/C13H23N3O2S/c1-4-19(17,18)15-7-5-13(6-8-15)10-16-12(3)11(2)9-14-16/h9,13H,4-8,10H2,1-3H3. The minimum atomic E-state index is -3.01. The second kappa shape index (κ2) is 5.63. The van der Waals surface area contributed by atoms with Gasteiger partial charge in [0, 0.05) is 25.3 Å². The first-order valence-corrected chi connectivity index (χ1v) is 8.51. The molecule has 0 aliphatic carbocycles. The molecule has 0 aromatic carbocycles. The van der Waals surface area contributed by atoms with Crippen LogP contribution in [-0.2, 0) is 16.6 Å². The summed E-state index contributed by atoms with van der Waals surface area (Å²) in [6.45, 7) is 8.06. The van der Waals surface area contributed by atoms with Crippen LogP contribution >= 0.6 is 0 Å². The molecule has 0 bridgehead atoms. The number of aryl methyl sites for hydroxylation is 1. The van der Waals surface area contributed by atoms with Crippen LogP contribution in [0, 0.1) is 19.8 Å². The van der Waals surface area contributed by atoms with E-state index in [4.69, 9.17) is 0 Å². The number of sulfonamides is 1. The third-order valence-corrected chi connectivity index (χ3v) is 5.99. The minimum absolute atomic E-state index is 0.203. The highest BCUT2D eigenvalue weighted by atomic mass is 32.2. The lowest BCUT2D eigenvalue weighted by Gasteiger charge is -2.31. The van der Waals surface area contributed by atoms with E-state index in [-0.39, 0.29) is 5.75 Å². The van der Waals surface area contributed by atoms with Gasteiger partial charge < -0.3 is 0 Å². The third-order valence-electron chi connectivity index (χ3n) is 4.11. The van der Waals surface area contributed by atoms with Gasteiger partial charge in [-0.05, 0) is 45.1 Å². The van der Waals surface area contributed by atoms with Crippen molar-refractivity contribution in [1.82, 2.24) is 14.1 Å². The predicted molar refractivity (Wildman–Crippen MR) is 75.5 cm³/mol. The summed E-state index contributed by atoms with van der Waals surface area (Å²) in [7, 11) is -3.01. The Labute approximate surface area is 115 Å². The van der Waals surface area contributed by atoms with Gasteiger partial charge in [0.2, 0.25) is 10.0 Å². The zero-order valence-electron chi connectivity index (χ0n) is 12.0. The highest BCUT2D eigenvalue weighted by Gasteiger charge is 2.27. The molecule has 0 amide bonds. The van der Waals surface area contributed by atoms with E-state index in [9.17, 15) is 8.42 Å². The van der Waals surface area contributed by atoms with Crippen LogP contribution in [0.5, 0.6) is 0 Å². The first kappa shape index (κ1) is 14.5. The van der Waals surface area contributed by atoms with Crippen LogP contribution in [0.15, 0.2) is 6.20 Å². The van der Waals surface area contributed by atoms with E-state index >= 15 is 0 Å². The van der Waals surface area contributed by atoms with Gasteiger partial charge in [-0.3, -0.25) is 4.68 Å². The summed E-state index contributed by atoms with van der Waals surface area (Å²) < 4.78 is 27.2. The number of hydrogen-bond acceptors (Lipinski definition) is 3. The monoisotopic (exact) mass is 285 g/mol. The van der Waals surface area contributed by atoms with Crippen LogP contribution in [0.25, 0.3) is 0 Å². The maximum atomic E-state index is 11.8. The molecule has 1 fully saturated rings.